The Hall–Kier alpha value is -3.14. The summed E-state index contributed by atoms with van der Waals surface area (Å²) >= 11 is 0.996. The van der Waals surface area contributed by atoms with E-state index in [-0.39, 0.29) is 16.7 Å². The smallest absolute Gasteiger partial charge is 0.349 e. The van der Waals surface area contributed by atoms with Crippen LogP contribution in [0.3, 0.4) is 0 Å². The molecule has 2 aromatic heterocycles. The van der Waals surface area contributed by atoms with Crippen LogP contribution >= 0.6 is 11.3 Å². The van der Waals surface area contributed by atoms with Crippen LogP contribution in [0.25, 0.3) is 0 Å². The van der Waals surface area contributed by atoms with Gasteiger partial charge in [0.05, 0.1) is 11.3 Å². The number of rotatable bonds is 6. The minimum absolute atomic E-state index is 0.0709. The third kappa shape index (κ3) is 5.67. The van der Waals surface area contributed by atoms with E-state index < -0.39 is 29.9 Å². The summed E-state index contributed by atoms with van der Waals surface area (Å²) in [5.74, 6) is -1.74. The van der Waals surface area contributed by atoms with Gasteiger partial charge in [-0.15, -0.1) is 11.3 Å². The quantitative estimate of drug-likeness (QED) is 0.618. The number of thiophene rings is 1. The molecule has 0 radical (unpaired) electrons. The number of furan rings is 1. The molecule has 0 saturated heterocycles. The Morgan fingerprint density at radius 3 is 2.62 bits per heavy atom. The second-order valence-electron chi connectivity index (χ2n) is 6.59. The standard InChI is InChI=1S/C19H21N3O6S/c1-11(16(23)22-19(26)20-12-5-2-3-6-12)28-18(25)14-8-9-15(29-14)21-17(24)13-7-4-10-27-13/h4,7-12H,2-3,5-6H2,1H3,(H,21,24)(H2,20,22,23,26). The Bertz CT molecular complexity index is 886. The summed E-state index contributed by atoms with van der Waals surface area (Å²) in [6, 6.07) is 5.60. The molecule has 29 heavy (non-hydrogen) atoms. The van der Waals surface area contributed by atoms with Gasteiger partial charge in [-0.3, -0.25) is 14.9 Å². The van der Waals surface area contributed by atoms with Crippen molar-refractivity contribution in [1.29, 1.82) is 0 Å². The molecule has 0 aliphatic heterocycles. The summed E-state index contributed by atoms with van der Waals surface area (Å²) < 4.78 is 10.1. The van der Waals surface area contributed by atoms with E-state index in [0.29, 0.717) is 5.00 Å². The largest absolute Gasteiger partial charge is 0.459 e. The Kier molecular flexibility index (Phi) is 6.65. The maximum absolute atomic E-state index is 12.2. The van der Waals surface area contributed by atoms with E-state index >= 15 is 0 Å². The van der Waals surface area contributed by atoms with Gasteiger partial charge in [-0.05, 0) is 44.0 Å². The molecule has 154 valence electrons. The van der Waals surface area contributed by atoms with Crippen LogP contribution in [-0.2, 0) is 9.53 Å². The molecule has 10 heteroatoms. The van der Waals surface area contributed by atoms with Crippen molar-refractivity contribution in [2.24, 2.45) is 0 Å². The Morgan fingerprint density at radius 1 is 1.17 bits per heavy atom. The summed E-state index contributed by atoms with van der Waals surface area (Å²) in [5.41, 5.74) is 0. The molecule has 1 aliphatic carbocycles. The van der Waals surface area contributed by atoms with Gasteiger partial charge in [-0.2, -0.15) is 0 Å². The molecule has 1 atom stereocenters. The average molecular weight is 419 g/mol. The van der Waals surface area contributed by atoms with Gasteiger partial charge >= 0.3 is 12.0 Å². The van der Waals surface area contributed by atoms with Crippen molar-refractivity contribution < 1.29 is 28.3 Å². The fourth-order valence-corrected chi connectivity index (χ4v) is 3.66. The highest BCUT2D eigenvalue weighted by Crippen LogP contribution is 2.24. The van der Waals surface area contributed by atoms with E-state index in [0.717, 1.165) is 37.0 Å². The highest BCUT2D eigenvalue weighted by Gasteiger charge is 2.24. The predicted octanol–water partition coefficient (Wildman–Crippen LogP) is 2.91. The average Bonchev–Trinajstić information content (AvgIpc) is 3.44. The highest BCUT2D eigenvalue weighted by molar-refractivity contribution is 7.18. The number of carbonyl (C=O) groups is 4. The van der Waals surface area contributed by atoms with Gasteiger partial charge in [0.2, 0.25) is 0 Å². The topological polar surface area (TPSA) is 127 Å². The number of ether oxygens (including phenoxy) is 1. The minimum Gasteiger partial charge on any atom is -0.459 e. The zero-order valence-electron chi connectivity index (χ0n) is 15.7. The molecule has 0 bridgehead atoms. The lowest BCUT2D eigenvalue weighted by molar-refractivity contribution is -0.127. The summed E-state index contributed by atoms with van der Waals surface area (Å²) in [6.45, 7) is 1.38. The van der Waals surface area contributed by atoms with E-state index in [2.05, 4.69) is 16.0 Å². The van der Waals surface area contributed by atoms with Crippen molar-refractivity contribution >= 4 is 40.2 Å². The maximum atomic E-state index is 12.2. The van der Waals surface area contributed by atoms with E-state index in [1.165, 1.54) is 25.3 Å². The van der Waals surface area contributed by atoms with Crippen molar-refractivity contribution in [3.63, 3.8) is 0 Å². The highest BCUT2D eigenvalue weighted by atomic mass is 32.1. The molecule has 1 aliphatic rings. The molecule has 9 nitrogen and oxygen atoms in total. The maximum Gasteiger partial charge on any atom is 0.349 e. The number of hydrogen-bond donors (Lipinski definition) is 3. The summed E-state index contributed by atoms with van der Waals surface area (Å²) in [4.78, 5) is 48.3. The number of urea groups is 1. The number of carbonyl (C=O) groups excluding carboxylic acids is 4. The monoisotopic (exact) mass is 419 g/mol. The van der Waals surface area contributed by atoms with Crippen molar-refractivity contribution in [2.75, 3.05) is 5.32 Å². The van der Waals surface area contributed by atoms with Gasteiger partial charge in [-0.25, -0.2) is 9.59 Å². The lowest BCUT2D eigenvalue weighted by atomic mass is 10.2. The molecule has 2 aromatic rings. The normalized spacial score (nSPS) is 14.8. The number of imide groups is 1. The van der Waals surface area contributed by atoms with Gasteiger partial charge in [0.15, 0.2) is 11.9 Å². The van der Waals surface area contributed by atoms with Crippen LogP contribution in [0.5, 0.6) is 0 Å². The molecule has 4 amide bonds. The summed E-state index contributed by atoms with van der Waals surface area (Å²) in [6.07, 6.45) is 4.12. The van der Waals surface area contributed by atoms with Crippen LogP contribution in [0, 0.1) is 0 Å². The first-order valence-electron chi connectivity index (χ1n) is 9.19. The third-order valence-electron chi connectivity index (χ3n) is 4.37. The molecular weight excluding hydrogens is 398 g/mol. The van der Waals surface area contributed by atoms with E-state index in [1.807, 2.05) is 0 Å². The van der Waals surface area contributed by atoms with Crippen LogP contribution < -0.4 is 16.0 Å². The van der Waals surface area contributed by atoms with E-state index in [9.17, 15) is 19.2 Å². The minimum atomic E-state index is -1.15. The molecule has 3 N–H and O–H groups in total. The van der Waals surface area contributed by atoms with Gasteiger partial charge in [-0.1, -0.05) is 12.8 Å². The van der Waals surface area contributed by atoms with E-state index in [4.69, 9.17) is 9.15 Å². The number of nitrogens with one attached hydrogen (secondary N) is 3. The van der Waals surface area contributed by atoms with Gasteiger partial charge < -0.3 is 19.8 Å². The Morgan fingerprint density at radius 2 is 1.93 bits per heavy atom. The molecule has 0 spiro atoms. The predicted molar refractivity (Wildman–Crippen MR) is 105 cm³/mol. The lowest BCUT2D eigenvalue weighted by Crippen LogP contribution is -2.47. The van der Waals surface area contributed by atoms with Crippen LogP contribution in [0.4, 0.5) is 9.80 Å². The molecule has 2 heterocycles. The Labute approximate surface area is 170 Å². The van der Waals surface area contributed by atoms with Crippen LogP contribution in [0.15, 0.2) is 34.9 Å². The second-order valence-corrected chi connectivity index (χ2v) is 7.67. The van der Waals surface area contributed by atoms with E-state index in [1.54, 1.807) is 12.1 Å². The Balaban J connectivity index is 1.47. The van der Waals surface area contributed by atoms with Crippen molar-refractivity contribution in [3.8, 4) is 0 Å². The van der Waals surface area contributed by atoms with Gasteiger partial charge in [0, 0.05) is 6.04 Å². The molecule has 3 rings (SSSR count). The summed E-state index contributed by atoms with van der Waals surface area (Å²) in [7, 11) is 0. The van der Waals surface area contributed by atoms with Crippen molar-refractivity contribution in [1.82, 2.24) is 10.6 Å². The first kappa shape index (κ1) is 20.6. The number of hydrogen-bond acceptors (Lipinski definition) is 7. The molecule has 1 saturated carbocycles. The van der Waals surface area contributed by atoms with Gasteiger partial charge in [0.25, 0.3) is 11.8 Å². The SMILES string of the molecule is CC(OC(=O)c1ccc(NC(=O)c2ccco2)s1)C(=O)NC(=O)NC1CCCC1. The first-order chi connectivity index (χ1) is 13.9. The number of esters is 1. The summed E-state index contributed by atoms with van der Waals surface area (Å²) in [5, 5.41) is 7.93. The zero-order valence-corrected chi connectivity index (χ0v) is 16.5. The van der Waals surface area contributed by atoms with Crippen LogP contribution in [0.1, 0.15) is 52.8 Å². The van der Waals surface area contributed by atoms with Crippen molar-refractivity contribution in [2.45, 2.75) is 44.8 Å². The first-order valence-corrected chi connectivity index (χ1v) is 10.0. The molecule has 0 aromatic carbocycles. The fraction of sp³-hybridized carbons (Fsp3) is 0.368. The number of anilines is 1. The zero-order chi connectivity index (χ0) is 20.8. The van der Waals surface area contributed by atoms with Crippen LogP contribution in [-0.4, -0.2) is 36.0 Å². The van der Waals surface area contributed by atoms with Gasteiger partial charge in [0.1, 0.15) is 4.88 Å². The third-order valence-corrected chi connectivity index (χ3v) is 5.35. The lowest BCUT2D eigenvalue weighted by Gasteiger charge is -2.15. The van der Waals surface area contributed by atoms with Crippen molar-refractivity contribution in [3.05, 3.63) is 41.2 Å². The molecule has 1 unspecified atom stereocenters. The number of amides is 4. The van der Waals surface area contributed by atoms with Crippen LogP contribution in [0.2, 0.25) is 0 Å². The fourth-order valence-electron chi connectivity index (χ4n) is 2.87. The molecular formula is C19H21N3O6S. The second kappa shape index (κ2) is 9.37. The molecule has 1 fully saturated rings.